The normalized spacial score (nSPS) is 10.3. The molecule has 112 valence electrons. The van der Waals surface area contributed by atoms with E-state index in [1.54, 1.807) is 21.3 Å². The Morgan fingerprint density at radius 3 is 2.10 bits per heavy atom. The van der Waals surface area contributed by atoms with E-state index in [0.29, 0.717) is 6.54 Å². The maximum Gasteiger partial charge on any atom is 0.127 e. The van der Waals surface area contributed by atoms with Gasteiger partial charge in [0.15, 0.2) is 0 Å². The maximum atomic E-state index is 5.65. The fraction of sp³-hybridized carbons (Fsp3) is 0.294. The van der Waals surface area contributed by atoms with E-state index in [-0.39, 0.29) is 0 Å². The second-order valence-corrected chi connectivity index (χ2v) is 4.60. The van der Waals surface area contributed by atoms with Crippen molar-refractivity contribution < 1.29 is 14.2 Å². The van der Waals surface area contributed by atoms with Crippen molar-refractivity contribution in [3.05, 3.63) is 42.0 Å². The predicted octanol–water partition coefficient (Wildman–Crippen LogP) is 2.88. The highest BCUT2D eigenvalue weighted by Crippen LogP contribution is 2.40. The van der Waals surface area contributed by atoms with Crippen LogP contribution in [-0.4, -0.2) is 27.9 Å². The molecule has 0 atom stereocenters. The van der Waals surface area contributed by atoms with Crippen molar-refractivity contribution in [3.63, 3.8) is 0 Å². The molecule has 2 rings (SSSR count). The Bertz CT molecular complexity index is 611. The summed E-state index contributed by atoms with van der Waals surface area (Å²) in [5.41, 5.74) is 8.60. The Morgan fingerprint density at radius 1 is 0.810 bits per heavy atom. The molecule has 0 fully saturated rings. The molecule has 0 saturated carbocycles. The van der Waals surface area contributed by atoms with Gasteiger partial charge in [-0.3, -0.25) is 0 Å². The second kappa shape index (κ2) is 6.99. The maximum absolute atomic E-state index is 5.65. The predicted molar refractivity (Wildman–Crippen MR) is 84.3 cm³/mol. The van der Waals surface area contributed by atoms with Gasteiger partial charge in [0, 0.05) is 11.1 Å². The highest BCUT2D eigenvalue weighted by molar-refractivity contribution is 5.77. The molecule has 0 unspecified atom stereocenters. The molecule has 0 aromatic heterocycles. The zero-order valence-corrected chi connectivity index (χ0v) is 12.7. The first kappa shape index (κ1) is 15.2. The van der Waals surface area contributed by atoms with E-state index in [9.17, 15) is 0 Å². The lowest BCUT2D eigenvalue weighted by atomic mass is 9.99. The Morgan fingerprint density at radius 2 is 1.48 bits per heavy atom. The van der Waals surface area contributed by atoms with E-state index in [1.165, 1.54) is 0 Å². The molecule has 0 heterocycles. The zero-order chi connectivity index (χ0) is 15.2. The molecule has 0 saturated heterocycles. The molecule has 4 nitrogen and oxygen atoms in total. The molecule has 2 aromatic carbocycles. The van der Waals surface area contributed by atoms with Crippen LogP contribution in [0.25, 0.3) is 11.1 Å². The van der Waals surface area contributed by atoms with Crippen LogP contribution in [0.15, 0.2) is 36.4 Å². The lowest BCUT2D eigenvalue weighted by Crippen LogP contribution is -2.05. The summed E-state index contributed by atoms with van der Waals surface area (Å²) in [6, 6.07) is 11.8. The molecule has 2 N–H and O–H groups in total. The number of para-hydroxylation sites is 1. The fourth-order valence-corrected chi connectivity index (χ4v) is 2.39. The highest BCUT2D eigenvalue weighted by atomic mass is 16.5. The largest absolute Gasteiger partial charge is 0.496 e. The SMILES string of the molecule is COc1cc(-c2ccccc2OC)c(OC)cc1CCN. The third-order valence-electron chi connectivity index (χ3n) is 3.41. The van der Waals surface area contributed by atoms with Gasteiger partial charge in [-0.15, -0.1) is 0 Å². The quantitative estimate of drug-likeness (QED) is 0.887. The van der Waals surface area contributed by atoms with Crippen molar-refractivity contribution in [1.82, 2.24) is 0 Å². The highest BCUT2D eigenvalue weighted by Gasteiger charge is 2.15. The molecular weight excluding hydrogens is 266 g/mol. The average Bonchev–Trinajstić information content (AvgIpc) is 2.54. The summed E-state index contributed by atoms with van der Waals surface area (Å²) in [6.07, 6.45) is 0.742. The van der Waals surface area contributed by atoms with Gasteiger partial charge in [0.05, 0.1) is 21.3 Å². The van der Waals surface area contributed by atoms with Crippen molar-refractivity contribution in [2.24, 2.45) is 5.73 Å². The first-order chi connectivity index (χ1) is 10.2. The monoisotopic (exact) mass is 287 g/mol. The number of methoxy groups -OCH3 is 3. The van der Waals surface area contributed by atoms with Gasteiger partial charge in [0.2, 0.25) is 0 Å². The summed E-state index contributed by atoms with van der Waals surface area (Å²) >= 11 is 0. The van der Waals surface area contributed by atoms with Crippen LogP contribution in [0, 0.1) is 0 Å². The molecule has 4 heteroatoms. The second-order valence-electron chi connectivity index (χ2n) is 4.60. The lowest BCUT2D eigenvalue weighted by Gasteiger charge is -2.16. The van der Waals surface area contributed by atoms with Gasteiger partial charge >= 0.3 is 0 Å². The number of hydrogen-bond acceptors (Lipinski definition) is 4. The van der Waals surface area contributed by atoms with Crippen molar-refractivity contribution in [2.75, 3.05) is 27.9 Å². The Kier molecular flexibility index (Phi) is 5.06. The van der Waals surface area contributed by atoms with Gasteiger partial charge in [-0.2, -0.15) is 0 Å². The van der Waals surface area contributed by atoms with E-state index in [0.717, 1.165) is 40.4 Å². The van der Waals surface area contributed by atoms with Gasteiger partial charge in [-0.25, -0.2) is 0 Å². The molecule has 2 aromatic rings. The fourth-order valence-electron chi connectivity index (χ4n) is 2.39. The summed E-state index contributed by atoms with van der Waals surface area (Å²) in [5, 5.41) is 0. The average molecular weight is 287 g/mol. The van der Waals surface area contributed by atoms with E-state index < -0.39 is 0 Å². The topological polar surface area (TPSA) is 53.7 Å². The minimum absolute atomic E-state index is 0.563. The molecular formula is C17H21NO3. The van der Waals surface area contributed by atoms with Crippen LogP contribution >= 0.6 is 0 Å². The standard InChI is InChI=1S/C17H21NO3/c1-19-15-7-5-4-6-13(15)14-11-16(20-2)12(8-9-18)10-17(14)21-3/h4-7,10-11H,8-9,18H2,1-3H3. The van der Waals surface area contributed by atoms with Crippen LogP contribution in [0.2, 0.25) is 0 Å². The third-order valence-corrected chi connectivity index (χ3v) is 3.41. The van der Waals surface area contributed by atoms with Crippen LogP contribution in [0.1, 0.15) is 5.56 Å². The Labute approximate surface area is 125 Å². The number of rotatable bonds is 6. The summed E-state index contributed by atoms with van der Waals surface area (Å²) in [7, 11) is 4.98. The van der Waals surface area contributed by atoms with E-state index >= 15 is 0 Å². The van der Waals surface area contributed by atoms with Crippen molar-refractivity contribution in [1.29, 1.82) is 0 Å². The van der Waals surface area contributed by atoms with Crippen LogP contribution in [-0.2, 0) is 6.42 Å². The Hall–Kier alpha value is -2.20. The number of nitrogens with two attached hydrogens (primary N) is 1. The molecule has 0 aliphatic heterocycles. The van der Waals surface area contributed by atoms with Crippen molar-refractivity contribution in [3.8, 4) is 28.4 Å². The molecule has 0 spiro atoms. The molecule has 0 radical (unpaired) electrons. The van der Waals surface area contributed by atoms with E-state index in [1.807, 2.05) is 36.4 Å². The minimum Gasteiger partial charge on any atom is -0.496 e. The first-order valence-electron chi connectivity index (χ1n) is 6.83. The summed E-state index contributed by atoms with van der Waals surface area (Å²) in [4.78, 5) is 0. The van der Waals surface area contributed by atoms with Crippen LogP contribution in [0.4, 0.5) is 0 Å². The van der Waals surface area contributed by atoms with Crippen LogP contribution < -0.4 is 19.9 Å². The van der Waals surface area contributed by atoms with Crippen molar-refractivity contribution in [2.45, 2.75) is 6.42 Å². The smallest absolute Gasteiger partial charge is 0.127 e. The number of ether oxygens (including phenoxy) is 3. The van der Waals surface area contributed by atoms with E-state index in [2.05, 4.69) is 0 Å². The lowest BCUT2D eigenvalue weighted by molar-refractivity contribution is 0.398. The van der Waals surface area contributed by atoms with Crippen LogP contribution in [0.5, 0.6) is 17.2 Å². The molecule has 0 bridgehead atoms. The summed E-state index contributed by atoms with van der Waals surface area (Å²) in [6.45, 7) is 0.563. The van der Waals surface area contributed by atoms with Gasteiger partial charge in [0.25, 0.3) is 0 Å². The Balaban J connectivity index is 2.62. The molecule has 21 heavy (non-hydrogen) atoms. The van der Waals surface area contributed by atoms with Gasteiger partial charge in [-0.05, 0) is 36.7 Å². The zero-order valence-electron chi connectivity index (χ0n) is 12.7. The summed E-state index contributed by atoms with van der Waals surface area (Å²) in [5.74, 6) is 2.38. The molecule has 0 amide bonds. The molecule has 0 aliphatic rings. The van der Waals surface area contributed by atoms with Gasteiger partial charge in [-0.1, -0.05) is 18.2 Å². The van der Waals surface area contributed by atoms with E-state index in [4.69, 9.17) is 19.9 Å². The first-order valence-corrected chi connectivity index (χ1v) is 6.83. The van der Waals surface area contributed by atoms with Gasteiger partial charge in [0.1, 0.15) is 17.2 Å². The third kappa shape index (κ3) is 3.11. The van der Waals surface area contributed by atoms with Crippen LogP contribution in [0.3, 0.4) is 0 Å². The van der Waals surface area contributed by atoms with Gasteiger partial charge < -0.3 is 19.9 Å². The number of hydrogen-bond donors (Lipinski definition) is 1. The van der Waals surface area contributed by atoms with Crippen molar-refractivity contribution >= 4 is 0 Å². The number of benzene rings is 2. The minimum atomic E-state index is 0.563. The summed E-state index contributed by atoms with van der Waals surface area (Å²) < 4.78 is 16.4. The molecule has 0 aliphatic carbocycles.